The normalized spacial score (nSPS) is 13.9. The summed E-state index contributed by atoms with van der Waals surface area (Å²) in [5.41, 5.74) is 2.30. The molecule has 5 heteroatoms. The summed E-state index contributed by atoms with van der Waals surface area (Å²) < 4.78 is 13.7. The standard InChI is InChI=1S/C15H13FN2O2/c16-13-6-3-7-14(15(13)18(19)20)17-9-8-11-4-1-2-5-12(11)10-17/h1-7H,8-10H2. The first-order valence-corrected chi connectivity index (χ1v) is 6.41. The maximum Gasteiger partial charge on any atom is 0.327 e. The summed E-state index contributed by atoms with van der Waals surface area (Å²) >= 11 is 0. The second kappa shape index (κ2) is 4.92. The van der Waals surface area contributed by atoms with Crippen LogP contribution >= 0.6 is 0 Å². The number of nitrogens with zero attached hydrogens (tertiary/aromatic N) is 2. The van der Waals surface area contributed by atoms with Crippen molar-refractivity contribution in [2.24, 2.45) is 0 Å². The molecule has 20 heavy (non-hydrogen) atoms. The number of fused-ring (bicyclic) bond motifs is 1. The van der Waals surface area contributed by atoms with Crippen LogP contribution in [-0.4, -0.2) is 11.5 Å². The zero-order valence-corrected chi connectivity index (χ0v) is 10.8. The average Bonchev–Trinajstić information content (AvgIpc) is 2.46. The summed E-state index contributed by atoms with van der Waals surface area (Å²) in [5, 5.41) is 11.1. The van der Waals surface area contributed by atoms with Crippen LogP contribution in [0.3, 0.4) is 0 Å². The van der Waals surface area contributed by atoms with E-state index in [2.05, 4.69) is 6.07 Å². The molecule has 0 fully saturated rings. The number of hydrogen-bond acceptors (Lipinski definition) is 3. The van der Waals surface area contributed by atoms with Crippen LogP contribution in [0.2, 0.25) is 0 Å². The van der Waals surface area contributed by atoms with E-state index in [0.29, 0.717) is 18.8 Å². The van der Waals surface area contributed by atoms with Gasteiger partial charge < -0.3 is 4.90 Å². The zero-order chi connectivity index (χ0) is 14.1. The molecule has 0 aromatic heterocycles. The summed E-state index contributed by atoms with van der Waals surface area (Å²) in [7, 11) is 0. The van der Waals surface area contributed by atoms with E-state index in [1.165, 1.54) is 11.6 Å². The molecule has 0 bridgehead atoms. The Morgan fingerprint density at radius 3 is 2.60 bits per heavy atom. The Labute approximate surface area is 115 Å². The molecule has 0 saturated heterocycles. The Kier molecular flexibility index (Phi) is 3.10. The average molecular weight is 272 g/mol. The molecule has 2 aromatic rings. The molecule has 1 aliphatic rings. The minimum atomic E-state index is -0.786. The number of hydrogen-bond donors (Lipinski definition) is 0. The van der Waals surface area contributed by atoms with Gasteiger partial charge in [0.2, 0.25) is 5.82 Å². The first-order valence-electron chi connectivity index (χ1n) is 6.41. The molecule has 0 aliphatic carbocycles. The SMILES string of the molecule is O=[N+]([O-])c1c(F)cccc1N1CCc2ccccc2C1. The molecular weight excluding hydrogens is 259 g/mol. The number of para-hydroxylation sites is 1. The Hall–Kier alpha value is -2.43. The molecule has 4 nitrogen and oxygen atoms in total. The smallest absolute Gasteiger partial charge is 0.327 e. The van der Waals surface area contributed by atoms with Crippen LogP contribution in [0.25, 0.3) is 0 Å². The number of anilines is 1. The van der Waals surface area contributed by atoms with Gasteiger partial charge in [0.1, 0.15) is 5.69 Å². The van der Waals surface area contributed by atoms with Crippen molar-refractivity contribution in [1.29, 1.82) is 0 Å². The van der Waals surface area contributed by atoms with Crippen LogP contribution in [-0.2, 0) is 13.0 Å². The van der Waals surface area contributed by atoms with E-state index in [9.17, 15) is 14.5 Å². The lowest BCUT2D eigenvalue weighted by Gasteiger charge is -2.30. The van der Waals surface area contributed by atoms with Crippen molar-refractivity contribution < 1.29 is 9.31 Å². The van der Waals surface area contributed by atoms with Crippen molar-refractivity contribution in [3.63, 3.8) is 0 Å². The third kappa shape index (κ3) is 2.11. The highest BCUT2D eigenvalue weighted by Crippen LogP contribution is 2.33. The largest absolute Gasteiger partial charge is 0.361 e. The van der Waals surface area contributed by atoms with Gasteiger partial charge in [-0.3, -0.25) is 10.1 Å². The summed E-state index contributed by atoms with van der Waals surface area (Å²) in [6, 6.07) is 12.2. The molecule has 0 atom stereocenters. The summed E-state index contributed by atoms with van der Waals surface area (Å²) in [4.78, 5) is 12.3. The van der Waals surface area contributed by atoms with Gasteiger partial charge >= 0.3 is 5.69 Å². The molecule has 102 valence electrons. The number of nitro benzene ring substituents is 1. The zero-order valence-electron chi connectivity index (χ0n) is 10.8. The van der Waals surface area contributed by atoms with Crippen molar-refractivity contribution in [3.05, 3.63) is 69.5 Å². The quantitative estimate of drug-likeness (QED) is 0.622. The van der Waals surface area contributed by atoms with Gasteiger partial charge in [0, 0.05) is 13.1 Å². The predicted molar refractivity (Wildman–Crippen MR) is 74.3 cm³/mol. The highest BCUT2D eigenvalue weighted by molar-refractivity contribution is 5.64. The maximum atomic E-state index is 13.7. The van der Waals surface area contributed by atoms with Crippen LogP contribution in [0.15, 0.2) is 42.5 Å². The molecule has 1 aliphatic heterocycles. The molecule has 0 saturated carbocycles. The molecule has 1 heterocycles. The lowest BCUT2D eigenvalue weighted by Crippen LogP contribution is -2.30. The maximum absolute atomic E-state index is 13.7. The Balaban J connectivity index is 2.00. The Morgan fingerprint density at radius 2 is 1.85 bits per heavy atom. The summed E-state index contributed by atoms with van der Waals surface area (Å²) in [5.74, 6) is -0.786. The number of benzene rings is 2. The van der Waals surface area contributed by atoms with E-state index in [0.717, 1.165) is 18.1 Å². The number of rotatable bonds is 2. The minimum Gasteiger partial charge on any atom is -0.361 e. The molecule has 0 amide bonds. The first-order chi connectivity index (χ1) is 9.66. The van der Waals surface area contributed by atoms with E-state index in [4.69, 9.17) is 0 Å². The van der Waals surface area contributed by atoms with Gasteiger partial charge in [0.15, 0.2) is 0 Å². The van der Waals surface area contributed by atoms with Crippen molar-refractivity contribution in [3.8, 4) is 0 Å². The molecule has 0 spiro atoms. The highest BCUT2D eigenvalue weighted by Gasteiger charge is 2.26. The summed E-state index contributed by atoms with van der Waals surface area (Å²) in [6.45, 7) is 1.22. The van der Waals surface area contributed by atoms with Crippen molar-refractivity contribution in [2.75, 3.05) is 11.4 Å². The first kappa shape index (κ1) is 12.6. The second-order valence-corrected chi connectivity index (χ2v) is 4.80. The van der Waals surface area contributed by atoms with E-state index >= 15 is 0 Å². The van der Waals surface area contributed by atoms with Crippen molar-refractivity contribution >= 4 is 11.4 Å². The fourth-order valence-corrected chi connectivity index (χ4v) is 2.64. The minimum absolute atomic E-state index is 0.351. The van der Waals surface area contributed by atoms with Crippen LogP contribution in [0.1, 0.15) is 11.1 Å². The van der Waals surface area contributed by atoms with Crippen LogP contribution in [0.5, 0.6) is 0 Å². The van der Waals surface area contributed by atoms with E-state index < -0.39 is 16.4 Å². The Bertz CT molecular complexity index is 673. The molecule has 0 radical (unpaired) electrons. The summed E-state index contributed by atoms with van der Waals surface area (Å²) in [6.07, 6.45) is 0.809. The lowest BCUT2D eigenvalue weighted by atomic mass is 9.99. The van der Waals surface area contributed by atoms with Gasteiger partial charge in [-0.05, 0) is 29.7 Å². The van der Waals surface area contributed by atoms with Gasteiger partial charge in [-0.2, -0.15) is 4.39 Å². The number of halogens is 1. The fraction of sp³-hybridized carbons (Fsp3) is 0.200. The van der Waals surface area contributed by atoms with Crippen LogP contribution in [0.4, 0.5) is 15.8 Å². The topological polar surface area (TPSA) is 46.4 Å². The molecular formula is C15H13FN2O2. The van der Waals surface area contributed by atoms with Crippen LogP contribution < -0.4 is 4.90 Å². The predicted octanol–water partition coefficient (Wildman–Crippen LogP) is 3.30. The molecule has 3 rings (SSSR count). The van der Waals surface area contributed by atoms with E-state index in [1.807, 2.05) is 23.1 Å². The van der Waals surface area contributed by atoms with Gasteiger partial charge in [0.05, 0.1) is 4.92 Å². The van der Waals surface area contributed by atoms with Gasteiger partial charge in [-0.25, -0.2) is 0 Å². The van der Waals surface area contributed by atoms with Gasteiger partial charge in [0.25, 0.3) is 0 Å². The third-order valence-electron chi connectivity index (χ3n) is 3.62. The van der Waals surface area contributed by atoms with Gasteiger partial charge in [-0.1, -0.05) is 30.3 Å². The monoisotopic (exact) mass is 272 g/mol. The van der Waals surface area contributed by atoms with Crippen molar-refractivity contribution in [2.45, 2.75) is 13.0 Å². The van der Waals surface area contributed by atoms with Crippen molar-refractivity contribution in [1.82, 2.24) is 0 Å². The molecule has 0 N–H and O–H groups in total. The Morgan fingerprint density at radius 1 is 1.10 bits per heavy atom. The van der Waals surface area contributed by atoms with E-state index in [1.54, 1.807) is 6.07 Å². The fourth-order valence-electron chi connectivity index (χ4n) is 2.64. The lowest BCUT2D eigenvalue weighted by molar-refractivity contribution is -0.386. The number of nitro groups is 1. The van der Waals surface area contributed by atoms with Crippen LogP contribution in [0, 0.1) is 15.9 Å². The highest BCUT2D eigenvalue weighted by atomic mass is 19.1. The second-order valence-electron chi connectivity index (χ2n) is 4.80. The third-order valence-corrected chi connectivity index (χ3v) is 3.62. The molecule has 0 unspecified atom stereocenters. The van der Waals surface area contributed by atoms with E-state index in [-0.39, 0.29) is 0 Å². The molecule has 2 aromatic carbocycles. The van der Waals surface area contributed by atoms with Gasteiger partial charge in [-0.15, -0.1) is 0 Å².